The number of allylic oxidation sites excluding steroid dienone is 1. The van der Waals surface area contributed by atoms with Gasteiger partial charge in [-0.3, -0.25) is 4.79 Å². The van der Waals surface area contributed by atoms with Crippen LogP contribution in [0.4, 0.5) is 0 Å². The molecule has 0 aliphatic rings. The van der Waals surface area contributed by atoms with Crippen molar-refractivity contribution in [2.75, 3.05) is 13.7 Å². The lowest BCUT2D eigenvalue weighted by Gasteiger charge is -2.14. The number of carbonyl (C=O) groups is 2. The highest BCUT2D eigenvalue weighted by atomic mass is 127. The lowest BCUT2D eigenvalue weighted by molar-refractivity contribution is -0.114. The van der Waals surface area contributed by atoms with E-state index >= 15 is 0 Å². The second-order valence-corrected chi connectivity index (χ2v) is 10.0. The lowest BCUT2D eigenvalue weighted by atomic mass is 10.0. The van der Waals surface area contributed by atoms with Gasteiger partial charge < -0.3 is 14.2 Å². The fraction of sp³-hybridized carbons (Fsp3) is 0.214. The van der Waals surface area contributed by atoms with Crippen LogP contribution < -0.4 is 9.47 Å². The summed E-state index contributed by atoms with van der Waals surface area (Å²) in [6, 6.07) is 17.2. The summed E-state index contributed by atoms with van der Waals surface area (Å²) >= 11 is 3.16. The van der Waals surface area contributed by atoms with E-state index in [0.29, 0.717) is 34.1 Å². The molecule has 37 heavy (non-hydrogen) atoms. The molecule has 0 bridgehead atoms. The molecule has 0 aliphatic carbocycles. The summed E-state index contributed by atoms with van der Waals surface area (Å²) in [4.78, 5) is 26.0. The Balaban J connectivity index is 1.86. The van der Waals surface area contributed by atoms with Crippen LogP contribution in [0, 0.1) is 33.2 Å². The van der Waals surface area contributed by atoms with Crippen LogP contribution in [0.2, 0.25) is 0 Å². The normalized spacial score (nSPS) is 10.8. The molecule has 0 spiro atoms. The molecule has 0 saturated heterocycles. The van der Waals surface area contributed by atoms with Crippen molar-refractivity contribution in [3.8, 4) is 23.6 Å². The van der Waals surface area contributed by atoms with Crippen molar-refractivity contribution in [2.24, 2.45) is 0 Å². The zero-order valence-corrected chi connectivity index (χ0v) is 23.4. The van der Waals surface area contributed by atoms with Crippen molar-refractivity contribution in [2.45, 2.75) is 26.9 Å². The van der Waals surface area contributed by atoms with E-state index in [1.54, 1.807) is 26.0 Å². The van der Waals surface area contributed by atoms with E-state index in [2.05, 4.69) is 28.7 Å². The first-order chi connectivity index (χ1) is 17.8. The average Bonchev–Trinajstić information content (AvgIpc) is 3.21. The van der Waals surface area contributed by atoms with Crippen molar-refractivity contribution >= 4 is 51.8 Å². The van der Waals surface area contributed by atoms with Gasteiger partial charge in [0.25, 0.3) is 0 Å². The van der Waals surface area contributed by atoms with Crippen LogP contribution in [0.1, 0.15) is 43.7 Å². The number of esters is 1. The number of methoxy groups -OCH3 is 1. The zero-order chi connectivity index (χ0) is 26.9. The van der Waals surface area contributed by atoms with E-state index in [9.17, 15) is 20.1 Å². The summed E-state index contributed by atoms with van der Waals surface area (Å²) in [5.41, 5.74) is 2.25. The van der Waals surface area contributed by atoms with Crippen LogP contribution in [-0.4, -0.2) is 25.5 Å². The standard InChI is InChI=1S/C28H23IN2O5S/c1-4-35-28(33)27-17(2)21(15-31)25(37-27)13-23(32)20(14-30)10-19-11-22(29)26(24(12-19)34-3)36-16-18-8-6-5-7-9-18/h5-12H,4,13,16H2,1-3H3/b20-10+. The summed E-state index contributed by atoms with van der Waals surface area (Å²) < 4.78 is 17.3. The molecule has 1 heterocycles. The molecule has 2 aromatic carbocycles. The van der Waals surface area contributed by atoms with E-state index in [1.807, 2.05) is 36.4 Å². The molecule has 0 unspecified atom stereocenters. The molecule has 0 radical (unpaired) electrons. The van der Waals surface area contributed by atoms with Gasteiger partial charge in [0.15, 0.2) is 17.3 Å². The maximum absolute atomic E-state index is 13.0. The first kappa shape index (κ1) is 27.9. The van der Waals surface area contributed by atoms with E-state index < -0.39 is 11.8 Å². The Kier molecular flexibility index (Phi) is 9.84. The predicted octanol–water partition coefficient (Wildman–Crippen LogP) is 6.02. The number of benzene rings is 2. The van der Waals surface area contributed by atoms with Gasteiger partial charge in [0, 0.05) is 11.3 Å². The molecule has 3 aromatic rings. The Morgan fingerprint density at radius 2 is 1.89 bits per heavy atom. The van der Waals surface area contributed by atoms with Gasteiger partial charge in [-0.2, -0.15) is 10.5 Å². The fourth-order valence-corrected chi connectivity index (χ4v) is 5.44. The molecular weight excluding hydrogens is 603 g/mol. The highest BCUT2D eigenvalue weighted by Gasteiger charge is 2.23. The number of nitriles is 2. The Morgan fingerprint density at radius 3 is 2.51 bits per heavy atom. The molecule has 0 aliphatic heterocycles. The van der Waals surface area contributed by atoms with Crippen LogP contribution in [0.3, 0.4) is 0 Å². The fourth-order valence-electron chi connectivity index (χ4n) is 3.51. The number of rotatable bonds is 10. The highest BCUT2D eigenvalue weighted by molar-refractivity contribution is 14.1. The number of nitrogens with zero attached hydrogens (tertiary/aromatic N) is 2. The molecule has 0 fully saturated rings. The van der Waals surface area contributed by atoms with Gasteiger partial charge in [-0.1, -0.05) is 30.3 Å². The number of hydrogen-bond donors (Lipinski definition) is 0. The van der Waals surface area contributed by atoms with E-state index in [4.69, 9.17) is 14.2 Å². The van der Waals surface area contributed by atoms with Gasteiger partial charge in [-0.25, -0.2) is 4.79 Å². The molecule has 0 atom stereocenters. The van der Waals surface area contributed by atoms with Crippen LogP contribution in [0.5, 0.6) is 11.5 Å². The average molecular weight is 626 g/mol. The van der Waals surface area contributed by atoms with Gasteiger partial charge in [0.2, 0.25) is 0 Å². The van der Waals surface area contributed by atoms with Gasteiger partial charge in [0.05, 0.1) is 28.4 Å². The Bertz CT molecular complexity index is 1430. The second-order valence-electron chi connectivity index (χ2n) is 7.76. The summed E-state index contributed by atoms with van der Waals surface area (Å²) in [6.07, 6.45) is 1.30. The number of ether oxygens (including phenoxy) is 3. The number of Topliss-reactive ketones (excluding diaryl/α,β-unsaturated/α-hetero) is 1. The minimum Gasteiger partial charge on any atom is -0.493 e. The van der Waals surface area contributed by atoms with Gasteiger partial charge in [-0.05, 0) is 71.3 Å². The Morgan fingerprint density at radius 1 is 1.16 bits per heavy atom. The van der Waals surface area contributed by atoms with E-state index in [0.717, 1.165) is 20.5 Å². The van der Waals surface area contributed by atoms with E-state index in [1.165, 1.54) is 13.2 Å². The molecular formula is C28H23IN2O5S. The van der Waals surface area contributed by atoms with Gasteiger partial charge >= 0.3 is 5.97 Å². The largest absolute Gasteiger partial charge is 0.493 e. The second kappa shape index (κ2) is 13.0. The minimum atomic E-state index is -0.535. The van der Waals surface area contributed by atoms with Crippen molar-refractivity contribution in [3.05, 3.63) is 83.6 Å². The van der Waals surface area contributed by atoms with Crippen molar-refractivity contribution < 1.29 is 23.8 Å². The zero-order valence-electron chi connectivity index (χ0n) is 20.5. The quantitative estimate of drug-likeness (QED) is 0.117. The predicted molar refractivity (Wildman–Crippen MR) is 149 cm³/mol. The summed E-state index contributed by atoms with van der Waals surface area (Å²) in [7, 11) is 1.52. The molecule has 3 rings (SSSR count). The van der Waals surface area contributed by atoms with Crippen LogP contribution in [0.15, 0.2) is 48.0 Å². The number of thiophene rings is 1. The molecule has 0 saturated carbocycles. The Hall–Kier alpha value is -3.67. The molecule has 0 N–H and O–H groups in total. The molecule has 1 aromatic heterocycles. The number of hydrogen-bond acceptors (Lipinski definition) is 8. The molecule has 7 nitrogen and oxygen atoms in total. The Labute approximate surface area is 233 Å². The molecule has 0 amide bonds. The molecule has 9 heteroatoms. The van der Waals surface area contributed by atoms with Crippen LogP contribution in [0.25, 0.3) is 6.08 Å². The van der Waals surface area contributed by atoms with Crippen LogP contribution >= 0.6 is 33.9 Å². The lowest BCUT2D eigenvalue weighted by Crippen LogP contribution is -2.05. The SMILES string of the molecule is CCOC(=O)c1sc(CC(=O)/C(C#N)=C/c2cc(I)c(OCc3ccccc3)c(OC)c2)c(C#N)c1C. The first-order valence-electron chi connectivity index (χ1n) is 11.2. The molecule has 188 valence electrons. The summed E-state index contributed by atoms with van der Waals surface area (Å²) in [5, 5.41) is 19.3. The van der Waals surface area contributed by atoms with Crippen molar-refractivity contribution in [1.82, 2.24) is 0 Å². The third kappa shape index (κ3) is 6.76. The van der Waals surface area contributed by atoms with Crippen molar-refractivity contribution in [3.63, 3.8) is 0 Å². The number of halogens is 1. The van der Waals surface area contributed by atoms with Gasteiger partial charge in [-0.15, -0.1) is 11.3 Å². The first-order valence-corrected chi connectivity index (χ1v) is 13.1. The topological polar surface area (TPSA) is 109 Å². The summed E-state index contributed by atoms with van der Waals surface area (Å²) in [5.74, 6) is 0.0354. The van der Waals surface area contributed by atoms with Gasteiger partial charge in [0.1, 0.15) is 23.6 Å². The summed E-state index contributed by atoms with van der Waals surface area (Å²) in [6.45, 7) is 3.90. The highest BCUT2D eigenvalue weighted by Crippen LogP contribution is 2.35. The maximum Gasteiger partial charge on any atom is 0.348 e. The number of carbonyl (C=O) groups excluding carboxylic acids is 2. The number of ketones is 1. The minimum absolute atomic E-state index is 0.0802. The van der Waals surface area contributed by atoms with Crippen molar-refractivity contribution in [1.29, 1.82) is 10.5 Å². The van der Waals surface area contributed by atoms with Crippen LogP contribution in [-0.2, 0) is 22.6 Å². The third-order valence-corrected chi connectivity index (χ3v) is 7.40. The third-order valence-electron chi connectivity index (χ3n) is 5.32. The monoisotopic (exact) mass is 626 g/mol. The maximum atomic E-state index is 13.0. The van der Waals surface area contributed by atoms with E-state index in [-0.39, 0.29) is 29.0 Å². The smallest absolute Gasteiger partial charge is 0.348 e.